The van der Waals surface area contributed by atoms with E-state index in [9.17, 15) is 19.8 Å². The fourth-order valence-electron chi connectivity index (χ4n) is 5.14. The van der Waals surface area contributed by atoms with Gasteiger partial charge in [0.2, 0.25) is 5.91 Å². The van der Waals surface area contributed by atoms with E-state index in [-0.39, 0.29) is 28.8 Å². The lowest BCUT2D eigenvalue weighted by atomic mass is 9.72. The molecule has 4 rings (SSSR count). The number of nitrogens with one attached hydrogen (secondary N) is 1. The quantitative estimate of drug-likeness (QED) is 0.634. The topological polar surface area (TPSA) is 89.9 Å². The van der Waals surface area contributed by atoms with Crippen LogP contribution in [0, 0.1) is 11.8 Å². The number of aliphatic hydroxyl groups excluding tert-OH is 1. The monoisotopic (exact) mass is 366 g/mol. The minimum Gasteiger partial charge on any atom is -0.477 e. The highest BCUT2D eigenvalue weighted by atomic mass is 32.2. The number of carbonyl (C=O) groups is 2. The molecule has 3 heterocycles. The van der Waals surface area contributed by atoms with Crippen LogP contribution in [0.15, 0.2) is 11.3 Å². The Bertz CT molecular complexity index is 614. The zero-order valence-electron chi connectivity index (χ0n) is 14.5. The average molecular weight is 366 g/mol. The third-order valence-corrected chi connectivity index (χ3v) is 7.71. The fourth-order valence-corrected chi connectivity index (χ4v) is 6.69. The molecule has 0 radical (unpaired) electrons. The Morgan fingerprint density at radius 2 is 2.16 bits per heavy atom. The molecule has 6 atom stereocenters. The van der Waals surface area contributed by atoms with Gasteiger partial charge in [-0.1, -0.05) is 6.42 Å². The lowest BCUT2D eigenvalue weighted by molar-refractivity contribution is -0.163. The first-order valence-corrected chi connectivity index (χ1v) is 10.4. The summed E-state index contributed by atoms with van der Waals surface area (Å²) >= 11 is 1.85. The van der Waals surface area contributed by atoms with Gasteiger partial charge in [0.15, 0.2) is 0 Å². The normalized spacial score (nSPS) is 38.4. The smallest absolute Gasteiger partial charge is 0.352 e. The van der Waals surface area contributed by atoms with Crippen molar-refractivity contribution in [1.29, 1.82) is 0 Å². The first kappa shape index (κ1) is 17.4. The number of aliphatic hydroxyl groups is 1. The third kappa shape index (κ3) is 2.71. The number of amides is 1. The molecule has 1 saturated carbocycles. The van der Waals surface area contributed by atoms with E-state index in [2.05, 4.69) is 5.32 Å². The Kier molecular flexibility index (Phi) is 4.58. The number of hydrogen-bond donors (Lipinski definition) is 3. The summed E-state index contributed by atoms with van der Waals surface area (Å²) in [4.78, 5) is 25.9. The summed E-state index contributed by atoms with van der Waals surface area (Å²) in [6, 6.07) is 0.367. The summed E-state index contributed by atoms with van der Waals surface area (Å²) in [5, 5.41) is 23.4. The number of nitrogens with zero attached hydrogens (tertiary/aromatic N) is 1. The number of hydrogen-bond acceptors (Lipinski definition) is 5. The van der Waals surface area contributed by atoms with Gasteiger partial charge >= 0.3 is 5.97 Å². The van der Waals surface area contributed by atoms with Crippen LogP contribution < -0.4 is 5.32 Å². The van der Waals surface area contributed by atoms with E-state index in [0.717, 1.165) is 37.1 Å². The van der Waals surface area contributed by atoms with E-state index >= 15 is 0 Å². The van der Waals surface area contributed by atoms with E-state index in [4.69, 9.17) is 0 Å². The molecule has 0 spiro atoms. The second kappa shape index (κ2) is 6.59. The summed E-state index contributed by atoms with van der Waals surface area (Å²) < 4.78 is 0. The predicted octanol–water partition coefficient (Wildman–Crippen LogP) is 1.20. The summed E-state index contributed by atoms with van der Waals surface area (Å²) in [6.45, 7) is 2.71. The van der Waals surface area contributed by atoms with E-state index < -0.39 is 18.0 Å². The molecule has 0 bridgehead atoms. The average Bonchev–Trinajstić information content (AvgIpc) is 3.17. The lowest BCUT2D eigenvalue weighted by Gasteiger charge is -2.47. The van der Waals surface area contributed by atoms with Gasteiger partial charge in [-0.25, -0.2) is 4.79 Å². The van der Waals surface area contributed by atoms with Crippen LogP contribution in [0.2, 0.25) is 0 Å². The molecule has 3 N–H and O–H groups in total. The van der Waals surface area contributed by atoms with Gasteiger partial charge in [0.05, 0.1) is 18.1 Å². The van der Waals surface area contributed by atoms with Gasteiger partial charge in [-0.15, -0.1) is 0 Å². The Hall–Kier alpha value is -1.05. The highest BCUT2D eigenvalue weighted by Gasteiger charge is 2.62. The molecule has 3 fully saturated rings. The van der Waals surface area contributed by atoms with Gasteiger partial charge in [-0.2, -0.15) is 11.8 Å². The summed E-state index contributed by atoms with van der Waals surface area (Å²) in [7, 11) is 0. The zero-order valence-corrected chi connectivity index (χ0v) is 15.3. The molecule has 0 aromatic rings. The van der Waals surface area contributed by atoms with Crippen LogP contribution in [-0.2, 0) is 9.59 Å². The van der Waals surface area contributed by atoms with Crippen LogP contribution >= 0.6 is 11.8 Å². The summed E-state index contributed by atoms with van der Waals surface area (Å²) in [6.07, 6.45) is 4.63. The van der Waals surface area contributed by atoms with Crippen LogP contribution in [0.5, 0.6) is 0 Å². The van der Waals surface area contributed by atoms with Crippen LogP contribution in [0.3, 0.4) is 0 Å². The highest BCUT2D eigenvalue weighted by molar-refractivity contribution is 8.00. The van der Waals surface area contributed by atoms with Gasteiger partial charge in [0.25, 0.3) is 0 Å². The maximum Gasteiger partial charge on any atom is 0.352 e. The van der Waals surface area contributed by atoms with Crippen LogP contribution in [0.1, 0.15) is 39.0 Å². The molecule has 1 amide bonds. The first-order valence-electron chi connectivity index (χ1n) is 9.34. The zero-order chi connectivity index (χ0) is 17.7. The molecule has 4 aliphatic rings. The predicted molar refractivity (Wildman–Crippen MR) is 95.1 cm³/mol. The van der Waals surface area contributed by atoms with Crippen molar-refractivity contribution < 1.29 is 19.8 Å². The first-order chi connectivity index (χ1) is 12.0. The number of carboxylic acids is 1. The van der Waals surface area contributed by atoms with Crippen molar-refractivity contribution in [1.82, 2.24) is 10.2 Å². The molecular weight excluding hydrogens is 340 g/mol. The second-order valence-corrected chi connectivity index (χ2v) is 8.96. The van der Waals surface area contributed by atoms with Crippen molar-refractivity contribution in [2.45, 2.75) is 62.5 Å². The van der Waals surface area contributed by atoms with Crippen LogP contribution in [-0.4, -0.2) is 62.7 Å². The largest absolute Gasteiger partial charge is 0.477 e. The van der Waals surface area contributed by atoms with Crippen molar-refractivity contribution in [2.24, 2.45) is 11.8 Å². The Labute approximate surface area is 152 Å². The minimum atomic E-state index is -0.994. The molecule has 0 unspecified atom stereocenters. The highest BCUT2D eigenvalue weighted by Crippen LogP contribution is 2.54. The standard InChI is InChI=1S/C18H26N2O4S/c1-9(21)13-15-11-5-2-6-12(25-8-10-4-3-7-19-10)14(11)16(18(23)24)20(15)17(13)22/h9-13,15,19,21H,2-8H2,1H3,(H,23,24)/t9-,10+,11-,12+,13-,15-/m1/s1. The number of aliphatic carboxylic acids is 1. The van der Waals surface area contributed by atoms with Crippen molar-refractivity contribution in [3.05, 3.63) is 11.3 Å². The molecule has 1 aliphatic carbocycles. The second-order valence-electron chi connectivity index (χ2n) is 7.73. The van der Waals surface area contributed by atoms with Gasteiger partial charge < -0.3 is 20.4 Å². The minimum absolute atomic E-state index is 0.103. The van der Waals surface area contributed by atoms with E-state index in [0.29, 0.717) is 6.04 Å². The van der Waals surface area contributed by atoms with Crippen molar-refractivity contribution in [2.75, 3.05) is 12.3 Å². The number of carbonyl (C=O) groups excluding carboxylic acids is 1. The SMILES string of the molecule is C[C@@H](O)[C@H]1C(=O)N2C(C(=O)O)=C3[C@@H](SC[C@@H]4CCCN4)CCC[C@H]3[C@H]12. The Morgan fingerprint density at radius 3 is 2.80 bits per heavy atom. The van der Waals surface area contributed by atoms with Crippen molar-refractivity contribution in [3.63, 3.8) is 0 Å². The number of β-lactam (4-membered cyclic amide) rings is 1. The molecule has 2 saturated heterocycles. The molecule has 0 aromatic heterocycles. The molecule has 0 aromatic carbocycles. The number of carboxylic acid groups (broad SMARTS) is 1. The molecular formula is C18H26N2O4S. The molecule has 138 valence electrons. The Balaban J connectivity index is 1.59. The van der Waals surface area contributed by atoms with Crippen LogP contribution in [0.4, 0.5) is 0 Å². The Morgan fingerprint density at radius 1 is 1.36 bits per heavy atom. The number of thioether (sulfide) groups is 1. The summed E-state index contributed by atoms with van der Waals surface area (Å²) in [5.41, 5.74) is 1.18. The molecule has 7 heteroatoms. The third-order valence-electron chi connectivity index (χ3n) is 6.23. The van der Waals surface area contributed by atoms with E-state index in [1.54, 1.807) is 6.92 Å². The lowest BCUT2D eigenvalue weighted by Crippen LogP contribution is -2.64. The van der Waals surface area contributed by atoms with Crippen molar-refractivity contribution >= 4 is 23.6 Å². The van der Waals surface area contributed by atoms with E-state index in [1.165, 1.54) is 17.7 Å². The maximum atomic E-state index is 12.5. The van der Waals surface area contributed by atoms with Gasteiger partial charge in [0, 0.05) is 23.0 Å². The van der Waals surface area contributed by atoms with Gasteiger partial charge in [-0.05, 0) is 44.7 Å². The molecule has 6 nitrogen and oxygen atoms in total. The maximum absolute atomic E-state index is 12.5. The number of fused-ring (bicyclic) bond motifs is 3. The molecule has 25 heavy (non-hydrogen) atoms. The van der Waals surface area contributed by atoms with Crippen molar-refractivity contribution in [3.8, 4) is 0 Å². The number of rotatable bonds is 5. The van der Waals surface area contributed by atoms with Gasteiger partial charge in [0.1, 0.15) is 5.70 Å². The van der Waals surface area contributed by atoms with E-state index in [1.807, 2.05) is 11.8 Å². The fraction of sp³-hybridized carbons (Fsp3) is 0.778. The molecule has 3 aliphatic heterocycles. The van der Waals surface area contributed by atoms with Crippen LogP contribution in [0.25, 0.3) is 0 Å². The van der Waals surface area contributed by atoms with Gasteiger partial charge in [-0.3, -0.25) is 4.79 Å². The summed E-state index contributed by atoms with van der Waals surface area (Å²) in [5.74, 6) is -0.568.